The van der Waals surface area contributed by atoms with Crippen LogP contribution in [0.3, 0.4) is 0 Å². The van der Waals surface area contributed by atoms with E-state index in [2.05, 4.69) is 10.6 Å². The summed E-state index contributed by atoms with van der Waals surface area (Å²) < 4.78 is 38.7. The van der Waals surface area contributed by atoms with Gasteiger partial charge in [0.1, 0.15) is 0 Å². The standard InChI is InChI=1S/C12H13F3N2O/c1-6-2-3-16-11(6)12(18)17-7-4-8(13)10(15)9(14)5-7/h4-6,11,16H,2-3H2,1H3,(H,17,18). The maximum Gasteiger partial charge on any atom is 0.241 e. The quantitative estimate of drug-likeness (QED) is 0.797. The van der Waals surface area contributed by atoms with Gasteiger partial charge in [0.05, 0.1) is 6.04 Å². The van der Waals surface area contributed by atoms with Crippen LogP contribution in [0.5, 0.6) is 0 Å². The van der Waals surface area contributed by atoms with Crippen molar-refractivity contribution in [3.8, 4) is 0 Å². The molecule has 1 aromatic rings. The van der Waals surface area contributed by atoms with Crippen molar-refractivity contribution in [2.45, 2.75) is 19.4 Å². The van der Waals surface area contributed by atoms with Gasteiger partial charge in [-0.25, -0.2) is 13.2 Å². The van der Waals surface area contributed by atoms with Gasteiger partial charge in [0.25, 0.3) is 0 Å². The summed E-state index contributed by atoms with van der Waals surface area (Å²) in [6, 6.07) is 1.13. The maximum atomic E-state index is 13.0. The lowest BCUT2D eigenvalue weighted by atomic mass is 10.0. The number of hydrogen-bond donors (Lipinski definition) is 2. The van der Waals surface area contributed by atoms with Crippen LogP contribution >= 0.6 is 0 Å². The van der Waals surface area contributed by atoms with E-state index in [9.17, 15) is 18.0 Å². The van der Waals surface area contributed by atoms with E-state index in [1.54, 1.807) is 0 Å². The highest BCUT2D eigenvalue weighted by Gasteiger charge is 2.29. The van der Waals surface area contributed by atoms with Crippen molar-refractivity contribution in [1.29, 1.82) is 0 Å². The molecule has 98 valence electrons. The summed E-state index contributed by atoms with van der Waals surface area (Å²) in [5, 5.41) is 5.37. The molecule has 1 saturated heterocycles. The van der Waals surface area contributed by atoms with E-state index in [0.29, 0.717) is 0 Å². The molecular weight excluding hydrogens is 245 g/mol. The van der Waals surface area contributed by atoms with E-state index in [1.807, 2.05) is 6.92 Å². The molecule has 1 aliphatic heterocycles. The van der Waals surface area contributed by atoms with Gasteiger partial charge in [-0.1, -0.05) is 6.92 Å². The van der Waals surface area contributed by atoms with Gasteiger partial charge < -0.3 is 10.6 Å². The number of amides is 1. The molecule has 0 spiro atoms. The van der Waals surface area contributed by atoms with Crippen LogP contribution < -0.4 is 10.6 Å². The average Bonchev–Trinajstić information content (AvgIpc) is 2.72. The lowest BCUT2D eigenvalue weighted by Crippen LogP contribution is -2.39. The molecule has 1 fully saturated rings. The van der Waals surface area contributed by atoms with E-state index in [4.69, 9.17) is 0 Å². The molecular formula is C12H13F3N2O. The molecule has 1 aliphatic rings. The van der Waals surface area contributed by atoms with Crippen LogP contribution in [0.1, 0.15) is 13.3 Å². The second-order valence-corrected chi connectivity index (χ2v) is 4.44. The van der Waals surface area contributed by atoms with Gasteiger partial charge in [0, 0.05) is 17.8 Å². The van der Waals surface area contributed by atoms with Crippen LogP contribution in [0.4, 0.5) is 18.9 Å². The van der Waals surface area contributed by atoms with E-state index in [1.165, 1.54) is 0 Å². The van der Waals surface area contributed by atoms with E-state index in [0.717, 1.165) is 25.1 Å². The predicted molar refractivity (Wildman–Crippen MR) is 60.5 cm³/mol. The monoisotopic (exact) mass is 258 g/mol. The summed E-state index contributed by atoms with van der Waals surface area (Å²) in [5.74, 6) is -4.40. The Labute approximate surface area is 102 Å². The van der Waals surface area contributed by atoms with Crippen molar-refractivity contribution in [2.24, 2.45) is 5.92 Å². The minimum atomic E-state index is -1.54. The molecule has 2 unspecified atom stereocenters. The first-order valence-electron chi connectivity index (χ1n) is 5.68. The van der Waals surface area contributed by atoms with Gasteiger partial charge in [-0.2, -0.15) is 0 Å². The second kappa shape index (κ2) is 4.97. The summed E-state index contributed by atoms with van der Waals surface area (Å²) in [6.07, 6.45) is 0.865. The van der Waals surface area contributed by atoms with Gasteiger partial charge in [0.15, 0.2) is 17.5 Å². The minimum Gasteiger partial charge on any atom is -0.325 e. The molecule has 1 heterocycles. The van der Waals surface area contributed by atoms with Crippen LogP contribution in [0.2, 0.25) is 0 Å². The lowest BCUT2D eigenvalue weighted by molar-refractivity contribution is -0.118. The van der Waals surface area contributed by atoms with Gasteiger partial charge in [-0.05, 0) is 18.9 Å². The molecule has 18 heavy (non-hydrogen) atoms. The zero-order chi connectivity index (χ0) is 13.3. The fourth-order valence-corrected chi connectivity index (χ4v) is 2.03. The Kier molecular flexibility index (Phi) is 3.56. The third-order valence-corrected chi connectivity index (χ3v) is 3.07. The Morgan fingerprint density at radius 3 is 2.44 bits per heavy atom. The van der Waals surface area contributed by atoms with Crippen molar-refractivity contribution >= 4 is 11.6 Å². The minimum absolute atomic E-state index is 0.0858. The number of hydrogen-bond acceptors (Lipinski definition) is 2. The van der Waals surface area contributed by atoms with Crippen molar-refractivity contribution in [2.75, 3.05) is 11.9 Å². The topological polar surface area (TPSA) is 41.1 Å². The Balaban J connectivity index is 2.12. The lowest BCUT2D eigenvalue weighted by Gasteiger charge is -2.15. The highest BCUT2D eigenvalue weighted by Crippen LogP contribution is 2.20. The molecule has 0 radical (unpaired) electrons. The van der Waals surface area contributed by atoms with Gasteiger partial charge in [-0.3, -0.25) is 4.79 Å². The fourth-order valence-electron chi connectivity index (χ4n) is 2.03. The molecule has 0 bridgehead atoms. The van der Waals surface area contributed by atoms with Crippen LogP contribution in [0, 0.1) is 23.4 Å². The molecule has 0 aromatic heterocycles. The predicted octanol–water partition coefficient (Wildman–Crippen LogP) is 2.04. The highest BCUT2D eigenvalue weighted by molar-refractivity contribution is 5.95. The second-order valence-electron chi connectivity index (χ2n) is 4.44. The van der Waals surface area contributed by atoms with Crippen LogP contribution in [0.15, 0.2) is 12.1 Å². The van der Waals surface area contributed by atoms with Crippen molar-refractivity contribution in [3.05, 3.63) is 29.6 Å². The third-order valence-electron chi connectivity index (χ3n) is 3.07. The largest absolute Gasteiger partial charge is 0.325 e. The van der Waals surface area contributed by atoms with E-state index >= 15 is 0 Å². The first kappa shape index (κ1) is 12.9. The number of rotatable bonds is 2. The first-order chi connectivity index (χ1) is 8.49. The van der Waals surface area contributed by atoms with Crippen molar-refractivity contribution < 1.29 is 18.0 Å². The Hall–Kier alpha value is -1.56. The number of halogens is 3. The smallest absolute Gasteiger partial charge is 0.241 e. The van der Waals surface area contributed by atoms with Gasteiger partial charge >= 0.3 is 0 Å². The summed E-state index contributed by atoms with van der Waals surface area (Å²) in [5.41, 5.74) is -0.0858. The van der Waals surface area contributed by atoms with E-state index < -0.39 is 17.5 Å². The number of carbonyl (C=O) groups excluding carboxylic acids is 1. The molecule has 6 heteroatoms. The van der Waals surface area contributed by atoms with Crippen LogP contribution in [0.25, 0.3) is 0 Å². The van der Waals surface area contributed by atoms with Crippen molar-refractivity contribution in [3.63, 3.8) is 0 Å². The Morgan fingerprint density at radius 2 is 1.94 bits per heavy atom. The van der Waals surface area contributed by atoms with Gasteiger partial charge in [0.2, 0.25) is 5.91 Å². The highest BCUT2D eigenvalue weighted by atomic mass is 19.2. The molecule has 3 nitrogen and oxygen atoms in total. The number of benzene rings is 1. The number of carbonyl (C=O) groups is 1. The molecule has 2 rings (SSSR count). The fraction of sp³-hybridized carbons (Fsp3) is 0.417. The molecule has 1 amide bonds. The van der Waals surface area contributed by atoms with Gasteiger partial charge in [-0.15, -0.1) is 0 Å². The van der Waals surface area contributed by atoms with Crippen LogP contribution in [-0.4, -0.2) is 18.5 Å². The molecule has 2 atom stereocenters. The van der Waals surface area contributed by atoms with E-state index in [-0.39, 0.29) is 23.6 Å². The normalized spacial score (nSPS) is 23.1. The number of anilines is 1. The zero-order valence-corrected chi connectivity index (χ0v) is 9.77. The molecule has 0 saturated carbocycles. The van der Waals surface area contributed by atoms with Crippen LogP contribution in [-0.2, 0) is 4.79 Å². The summed E-state index contributed by atoms with van der Waals surface area (Å²) in [4.78, 5) is 11.8. The summed E-state index contributed by atoms with van der Waals surface area (Å²) >= 11 is 0. The maximum absolute atomic E-state index is 13.0. The zero-order valence-electron chi connectivity index (χ0n) is 9.77. The Morgan fingerprint density at radius 1 is 1.33 bits per heavy atom. The first-order valence-corrected chi connectivity index (χ1v) is 5.68. The summed E-state index contributed by atoms with van der Waals surface area (Å²) in [6.45, 7) is 2.64. The summed E-state index contributed by atoms with van der Waals surface area (Å²) in [7, 11) is 0. The SMILES string of the molecule is CC1CCNC1C(=O)Nc1cc(F)c(F)c(F)c1. The molecule has 2 N–H and O–H groups in total. The number of nitrogens with one attached hydrogen (secondary N) is 2. The average molecular weight is 258 g/mol. The Bertz CT molecular complexity index is 455. The van der Waals surface area contributed by atoms with Crippen molar-refractivity contribution in [1.82, 2.24) is 5.32 Å². The third kappa shape index (κ3) is 2.48. The molecule has 1 aromatic carbocycles. The molecule has 0 aliphatic carbocycles.